The number of unbranched alkanes of at least 4 members (excludes halogenated alkanes) is 19. The summed E-state index contributed by atoms with van der Waals surface area (Å²) in [4.78, 5) is 37.7. The zero-order valence-corrected chi connectivity index (χ0v) is 37.8. The van der Waals surface area contributed by atoms with Gasteiger partial charge in [-0.15, -0.1) is 0 Å². The Bertz CT molecular complexity index is 1110. The molecule has 0 aliphatic carbocycles. The first-order valence-electron chi connectivity index (χ1n) is 23.9. The van der Waals surface area contributed by atoms with Crippen LogP contribution in [0.2, 0.25) is 0 Å². The Balaban J connectivity index is 4.37. The molecule has 0 heterocycles. The van der Waals surface area contributed by atoms with Gasteiger partial charge in [0.25, 0.3) is 0 Å². The second-order valence-corrected chi connectivity index (χ2v) is 15.6. The molecule has 0 bridgehead atoms. The van der Waals surface area contributed by atoms with Gasteiger partial charge < -0.3 is 14.2 Å². The van der Waals surface area contributed by atoms with Crippen LogP contribution in [-0.4, -0.2) is 37.2 Å². The van der Waals surface area contributed by atoms with Crippen LogP contribution in [0.5, 0.6) is 0 Å². The molecule has 1 atom stereocenters. The number of rotatable bonds is 42. The maximum atomic E-state index is 12.7. The second-order valence-electron chi connectivity index (χ2n) is 15.6. The van der Waals surface area contributed by atoms with Crippen LogP contribution in [0.4, 0.5) is 0 Å². The Morgan fingerprint density at radius 2 is 0.672 bits per heavy atom. The highest BCUT2D eigenvalue weighted by atomic mass is 16.6. The molecule has 6 heteroatoms. The molecule has 332 valence electrons. The van der Waals surface area contributed by atoms with Gasteiger partial charge in [-0.3, -0.25) is 14.4 Å². The maximum absolute atomic E-state index is 12.7. The number of allylic oxidation sites excluding steroid dienone is 12. The molecule has 0 aromatic heterocycles. The minimum atomic E-state index is -0.789. The molecule has 1 unspecified atom stereocenters. The first kappa shape index (κ1) is 54.9. The van der Waals surface area contributed by atoms with Gasteiger partial charge in [0, 0.05) is 19.3 Å². The summed E-state index contributed by atoms with van der Waals surface area (Å²) < 4.78 is 16.7. The first-order chi connectivity index (χ1) is 28.5. The number of esters is 3. The molecule has 0 amide bonds. The largest absolute Gasteiger partial charge is 0.462 e. The van der Waals surface area contributed by atoms with E-state index in [9.17, 15) is 14.4 Å². The van der Waals surface area contributed by atoms with Gasteiger partial charge in [0.05, 0.1) is 0 Å². The Labute approximate surface area is 357 Å². The summed E-state index contributed by atoms with van der Waals surface area (Å²) >= 11 is 0. The van der Waals surface area contributed by atoms with Gasteiger partial charge in [-0.25, -0.2) is 0 Å². The maximum Gasteiger partial charge on any atom is 0.306 e. The van der Waals surface area contributed by atoms with Crippen molar-refractivity contribution in [3.63, 3.8) is 0 Å². The van der Waals surface area contributed by atoms with Crippen molar-refractivity contribution >= 4 is 17.9 Å². The van der Waals surface area contributed by atoms with Gasteiger partial charge in [0.2, 0.25) is 0 Å². The molecule has 58 heavy (non-hydrogen) atoms. The Morgan fingerprint density at radius 3 is 1.07 bits per heavy atom. The van der Waals surface area contributed by atoms with E-state index in [0.717, 1.165) is 122 Å². The fraction of sp³-hybridized carbons (Fsp3) is 0.712. The summed E-state index contributed by atoms with van der Waals surface area (Å²) in [6, 6.07) is 0. The average Bonchev–Trinajstić information content (AvgIpc) is 3.22. The third-order valence-electron chi connectivity index (χ3n) is 9.95. The van der Waals surface area contributed by atoms with Crippen molar-refractivity contribution in [2.45, 2.75) is 226 Å². The zero-order valence-electron chi connectivity index (χ0n) is 37.8. The SMILES string of the molecule is CC/C=C\C/C=C\C/C=C\C/C=C\CCCCCCC(=O)OCC(COC(=O)CCCCCCCCC)OC(=O)CCCCCCC/C=C\C/C=C\CCCCCC. The third kappa shape index (κ3) is 44.0. The molecule has 0 rings (SSSR count). The summed E-state index contributed by atoms with van der Waals surface area (Å²) in [7, 11) is 0. The molecular formula is C52H88O6. The fourth-order valence-corrected chi connectivity index (χ4v) is 6.34. The third-order valence-corrected chi connectivity index (χ3v) is 9.95. The van der Waals surface area contributed by atoms with Crippen LogP contribution in [0.1, 0.15) is 220 Å². The minimum absolute atomic E-state index is 0.0894. The zero-order chi connectivity index (χ0) is 42.3. The number of hydrogen-bond donors (Lipinski definition) is 0. The van der Waals surface area contributed by atoms with Crippen molar-refractivity contribution in [1.29, 1.82) is 0 Å². The summed E-state index contributed by atoms with van der Waals surface area (Å²) in [6.45, 7) is 6.42. The quantitative estimate of drug-likeness (QED) is 0.0264. The van der Waals surface area contributed by atoms with Crippen LogP contribution in [0.15, 0.2) is 72.9 Å². The fourth-order valence-electron chi connectivity index (χ4n) is 6.34. The lowest BCUT2D eigenvalue weighted by Gasteiger charge is -2.18. The molecule has 0 fully saturated rings. The molecular weight excluding hydrogens is 721 g/mol. The standard InChI is InChI=1S/C52H88O6/c1-4-7-10-13-16-18-20-22-24-26-28-29-31-33-36-39-42-45-51(54)57-48-49(47-56-50(53)44-41-38-35-15-12-9-6-3)58-52(55)46-43-40-37-34-32-30-27-25-23-21-19-17-14-11-8-5-2/h7,10,16,18-19,21-22,24-25,27-29,49H,4-6,8-9,11-15,17,20,23,26,30-48H2,1-3H3/b10-7-,18-16-,21-19-,24-22-,27-25-,29-28-. The van der Waals surface area contributed by atoms with Crippen LogP contribution < -0.4 is 0 Å². The highest BCUT2D eigenvalue weighted by Crippen LogP contribution is 2.13. The van der Waals surface area contributed by atoms with E-state index in [-0.39, 0.29) is 31.1 Å². The highest BCUT2D eigenvalue weighted by molar-refractivity contribution is 5.71. The van der Waals surface area contributed by atoms with Crippen LogP contribution in [-0.2, 0) is 28.6 Å². The van der Waals surface area contributed by atoms with Gasteiger partial charge in [-0.1, -0.05) is 184 Å². The van der Waals surface area contributed by atoms with E-state index in [1.165, 1.54) is 57.8 Å². The Kier molecular flexibility index (Phi) is 44.0. The van der Waals surface area contributed by atoms with Crippen LogP contribution >= 0.6 is 0 Å². The van der Waals surface area contributed by atoms with E-state index in [2.05, 4.69) is 93.7 Å². The van der Waals surface area contributed by atoms with Crippen LogP contribution in [0.25, 0.3) is 0 Å². The molecule has 0 spiro atoms. The molecule has 0 aliphatic heterocycles. The van der Waals surface area contributed by atoms with Crippen molar-refractivity contribution in [3.05, 3.63) is 72.9 Å². The molecule has 0 N–H and O–H groups in total. The summed E-state index contributed by atoms with van der Waals surface area (Å²) in [5.74, 6) is -0.937. The first-order valence-corrected chi connectivity index (χ1v) is 23.9. The van der Waals surface area contributed by atoms with Gasteiger partial charge in [-0.05, 0) is 89.9 Å². The van der Waals surface area contributed by atoms with Crippen molar-refractivity contribution in [2.24, 2.45) is 0 Å². The summed E-state index contributed by atoms with van der Waals surface area (Å²) in [5.41, 5.74) is 0. The minimum Gasteiger partial charge on any atom is -0.462 e. The van der Waals surface area contributed by atoms with E-state index < -0.39 is 6.10 Å². The molecule has 6 nitrogen and oxygen atoms in total. The number of carbonyl (C=O) groups is 3. The van der Waals surface area contributed by atoms with Crippen LogP contribution in [0.3, 0.4) is 0 Å². The lowest BCUT2D eigenvalue weighted by Crippen LogP contribution is -2.30. The molecule has 0 saturated heterocycles. The van der Waals surface area contributed by atoms with Crippen LogP contribution in [0, 0.1) is 0 Å². The highest BCUT2D eigenvalue weighted by Gasteiger charge is 2.19. The van der Waals surface area contributed by atoms with Crippen molar-refractivity contribution in [2.75, 3.05) is 13.2 Å². The molecule has 0 radical (unpaired) electrons. The smallest absolute Gasteiger partial charge is 0.306 e. The monoisotopic (exact) mass is 809 g/mol. The predicted molar refractivity (Wildman–Crippen MR) is 247 cm³/mol. The average molecular weight is 809 g/mol. The van der Waals surface area contributed by atoms with E-state index in [4.69, 9.17) is 14.2 Å². The Morgan fingerprint density at radius 1 is 0.362 bits per heavy atom. The molecule has 0 saturated carbocycles. The Hall–Kier alpha value is -3.15. The predicted octanol–water partition coefficient (Wildman–Crippen LogP) is 15.5. The van der Waals surface area contributed by atoms with Crippen molar-refractivity contribution in [1.82, 2.24) is 0 Å². The normalized spacial score (nSPS) is 12.7. The topological polar surface area (TPSA) is 78.9 Å². The second kappa shape index (κ2) is 46.5. The van der Waals surface area contributed by atoms with E-state index in [1.54, 1.807) is 0 Å². The van der Waals surface area contributed by atoms with Gasteiger partial charge >= 0.3 is 17.9 Å². The van der Waals surface area contributed by atoms with E-state index >= 15 is 0 Å². The lowest BCUT2D eigenvalue weighted by atomic mass is 10.1. The molecule has 0 aliphatic rings. The lowest BCUT2D eigenvalue weighted by molar-refractivity contribution is -0.167. The van der Waals surface area contributed by atoms with Gasteiger partial charge in [-0.2, -0.15) is 0 Å². The molecule has 0 aromatic rings. The van der Waals surface area contributed by atoms with E-state index in [0.29, 0.717) is 19.3 Å². The van der Waals surface area contributed by atoms with Crippen molar-refractivity contribution < 1.29 is 28.6 Å². The van der Waals surface area contributed by atoms with Gasteiger partial charge in [0.1, 0.15) is 13.2 Å². The summed E-state index contributed by atoms with van der Waals surface area (Å²) in [6.07, 6.45) is 57.5. The number of ether oxygens (including phenoxy) is 3. The van der Waals surface area contributed by atoms with E-state index in [1.807, 2.05) is 0 Å². The van der Waals surface area contributed by atoms with Crippen molar-refractivity contribution in [3.8, 4) is 0 Å². The summed E-state index contributed by atoms with van der Waals surface area (Å²) in [5, 5.41) is 0. The van der Waals surface area contributed by atoms with Gasteiger partial charge in [0.15, 0.2) is 6.10 Å². The number of carbonyl (C=O) groups excluding carboxylic acids is 3. The molecule has 0 aromatic carbocycles. The number of hydrogen-bond acceptors (Lipinski definition) is 6.